The quantitative estimate of drug-likeness (QED) is 0.317. The fraction of sp³-hybridized carbons (Fsp3) is 0.333. The predicted octanol–water partition coefficient (Wildman–Crippen LogP) is 3.75. The number of rotatable bonds is 10. The molecule has 206 valence electrons. The summed E-state index contributed by atoms with van der Waals surface area (Å²) in [5.41, 5.74) is 7.89. The summed E-state index contributed by atoms with van der Waals surface area (Å²) in [5.74, 6) is 0.474. The zero-order chi connectivity index (χ0) is 29.3. The Morgan fingerprint density at radius 2 is 1.69 bits per heavy atom. The van der Waals surface area contributed by atoms with Crippen molar-refractivity contribution in [2.24, 2.45) is 5.73 Å². The summed E-state index contributed by atoms with van der Waals surface area (Å²) < 4.78 is 5.27. The summed E-state index contributed by atoms with van der Waals surface area (Å²) in [4.78, 5) is 53.4. The molecule has 0 aliphatic heterocycles. The maximum atomic E-state index is 13.9. The van der Waals surface area contributed by atoms with Crippen LogP contribution in [0.4, 0.5) is 10.5 Å². The second-order valence-electron chi connectivity index (χ2n) is 10.1. The van der Waals surface area contributed by atoms with Crippen molar-refractivity contribution >= 4 is 29.5 Å². The number of amides is 4. The third kappa shape index (κ3) is 8.75. The van der Waals surface area contributed by atoms with Crippen LogP contribution < -0.4 is 16.4 Å². The molecule has 2 rings (SSSR count). The first kappa shape index (κ1) is 30.6. The first-order valence-electron chi connectivity index (χ1n) is 12.4. The second-order valence-corrected chi connectivity index (χ2v) is 10.1. The Hall–Kier alpha value is -4.58. The average molecular weight is 533 g/mol. The van der Waals surface area contributed by atoms with Crippen molar-refractivity contribution in [2.75, 3.05) is 11.9 Å². The highest BCUT2D eigenvalue weighted by molar-refractivity contribution is 6.00. The highest BCUT2D eigenvalue weighted by Crippen LogP contribution is 2.27. The molecule has 0 aromatic heterocycles. The van der Waals surface area contributed by atoms with Gasteiger partial charge in [-0.3, -0.25) is 14.4 Å². The van der Waals surface area contributed by atoms with Gasteiger partial charge in [0.25, 0.3) is 5.91 Å². The smallest absolute Gasteiger partial charge is 0.408 e. The van der Waals surface area contributed by atoms with Gasteiger partial charge >= 0.3 is 6.09 Å². The van der Waals surface area contributed by atoms with Crippen molar-refractivity contribution in [3.63, 3.8) is 0 Å². The lowest BCUT2D eigenvalue weighted by Gasteiger charge is -2.34. The van der Waals surface area contributed by atoms with Gasteiger partial charge in [-0.1, -0.05) is 42.3 Å². The summed E-state index contributed by atoms with van der Waals surface area (Å²) in [6, 6.07) is 9.65. The number of aryl methyl sites for hydroxylation is 2. The Kier molecular flexibility index (Phi) is 10.4. The molecule has 9 heteroatoms. The molecule has 0 bridgehead atoms. The number of hydrogen-bond acceptors (Lipinski definition) is 5. The highest BCUT2D eigenvalue weighted by Gasteiger charge is 2.36. The zero-order valence-corrected chi connectivity index (χ0v) is 23.0. The molecule has 2 unspecified atom stereocenters. The van der Waals surface area contributed by atoms with Gasteiger partial charge in [-0.05, 0) is 63.4 Å². The lowest BCUT2D eigenvalue weighted by molar-refractivity contribution is -0.141. The van der Waals surface area contributed by atoms with Gasteiger partial charge in [-0.25, -0.2) is 4.79 Å². The van der Waals surface area contributed by atoms with Crippen molar-refractivity contribution in [2.45, 2.75) is 58.7 Å². The van der Waals surface area contributed by atoms with E-state index >= 15 is 0 Å². The number of primary amides is 1. The molecule has 0 saturated heterocycles. The van der Waals surface area contributed by atoms with Crippen LogP contribution in [0.15, 0.2) is 55.1 Å². The van der Waals surface area contributed by atoms with Gasteiger partial charge in [-0.15, -0.1) is 13.0 Å². The van der Waals surface area contributed by atoms with E-state index < -0.39 is 47.9 Å². The number of para-hydroxylation sites is 1. The van der Waals surface area contributed by atoms with Crippen molar-refractivity contribution < 1.29 is 23.9 Å². The minimum Gasteiger partial charge on any atom is -0.444 e. The Labute approximate surface area is 229 Å². The SMILES string of the molecule is C#Cc1ccc(C(C(=O)Nc2c(C)cccc2C)N(CC=C)C(=O)C(CC(N)=O)NC(=O)OC(C)(C)C)cc1. The number of carbonyl (C=O) groups excluding carboxylic acids is 4. The number of anilines is 1. The first-order valence-corrected chi connectivity index (χ1v) is 12.4. The maximum Gasteiger partial charge on any atom is 0.408 e. The minimum absolute atomic E-state index is 0.0776. The van der Waals surface area contributed by atoms with Crippen LogP contribution in [0.5, 0.6) is 0 Å². The standard InChI is InChI=1S/C30H36N4O5/c1-8-17-34(28(37)23(18-24(31)35)32-29(38)39-30(5,6)7)26(22-15-13-21(9-2)14-16-22)27(36)33-25-19(3)11-10-12-20(25)4/h2,8,10-16,23,26H,1,17-18H2,3-7H3,(H2,31,35)(H,32,38)(H,33,36). The number of alkyl carbamates (subject to hydrolysis) is 1. The number of nitrogens with zero attached hydrogens (tertiary/aromatic N) is 1. The van der Waals surface area contributed by atoms with Crippen LogP contribution in [0.25, 0.3) is 0 Å². The Balaban J connectivity index is 2.57. The van der Waals surface area contributed by atoms with Crippen LogP contribution in [-0.4, -0.2) is 46.9 Å². The van der Waals surface area contributed by atoms with E-state index in [-0.39, 0.29) is 6.54 Å². The number of benzene rings is 2. The van der Waals surface area contributed by atoms with Gasteiger partial charge in [0.2, 0.25) is 11.8 Å². The molecule has 39 heavy (non-hydrogen) atoms. The normalized spacial score (nSPS) is 12.3. The highest BCUT2D eigenvalue weighted by atomic mass is 16.6. The summed E-state index contributed by atoms with van der Waals surface area (Å²) >= 11 is 0. The van der Waals surface area contributed by atoms with Crippen LogP contribution in [-0.2, 0) is 19.1 Å². The van der Waals surface area contributed by atoms with Crippen LogP contribution in [0.2, 0.25) is 0 Å². The number of ether oxygens (including phenoxy) is 1. The van der Waals surface area contributed by atoms with E-state index in [1.54, 1.807) is 45.0 Å². The Morgan fingerprint density at radius 3 is 2.18 bits per heavy atom. The van der Waals surface area contributed by atoms with Gasteiger partial charge in [0, 0.05) is 17.8 Å². The van der Waals surface area contributed by atoms with Crippen molar-refractivity contribution in [3.05, 3.63) is 77.4 Å². The molecule has 2 aromatic carbocycles. The number of nitrogens with two attached hydrogens (primary N) is 1. The average Bonchev–Trinajstić information content (AvgIpc) is 2.84. The monoisotopic (exact) mass is 532 g/mol. The largest absolute Gasteiger partial charge is 0.444 e. The van der Waals surface area contributed by atoms with Crippen LogP contribution in [0, 0.1) is 26.2 Å². The van der Waals surface area contributed by atoms with Crippen molar-refractivity contribution in [3.8, 4) is 12.3 Å². The summed E-state index contributed by atoms with van der Waals surface area (Å²) in [5, 5.41) is 5.37. The minimum atomic E-state index is -1.39. The van der Waals surface area contributed by atoms with E-state index in [1.807, 2.05) is 32.0 Å². The molecular formula is C30H36N4O5. The predicted molar refractivity (Wildman–Crippen MR) is 151 cm³/mol. The van der Waals surface area contributed by atoms with Gasteiger partial charge in [0.15, 0.2) is 0 Å². The lowest BCUT2D eigenvalue weighted by atomic mass is 10.00. The van der Waals surface area contributed by atoms with Gasteiger partial charge in [0.05, 0.1) is 6.42 Å². The summed E-state index contributed by atoms with van der Waals surface area (Å²) in [7, 11) is 0. The van der Waals surface area contributed by atoms with Crippen molar-refractivity contribution in [1.29, 1.82) is 0 Å². The molecular weight excluding hydrogens is 496 g/mol. The molecule has 4 amide bonds. The van der Waals surface area contributed by atoms with Crippen molar-refractivity contribution in [1.82, 2.24) is 10.2 Å². The summed E-state index contributed by atoms with van der Waals surface area (Å²) in [6.45, 7) is 12.4. The second kappa shape index (κ2) is 13.3. The Bertz CT molecular complexity index is 1250. The zero-order valence-electron chi connectivity index (χ0n) is 23.0. The molecule has 0 spiro atoms. The number of carbonyl (C=O) groups is 4. The van der Waals surface area contributed by atoms with Gasteiger partial charge < -0.3 is 26.0 Å². The molecule has 2 atom stereocenters. The van der Waals surface area contributed by atoms with E-state index in [2.05, 4.69) is 23.1 Å². The fourth-order valence-corrected chi connectivity index (χ4v) is 3.95. The topological polar surface area (TPSA) is 131 Å². The molecule has 0 fully saturated rings. The van der Waals surface area contributed by atoms with E-state index in [0.717, 1.165) is 11.1 Å². The number of terminal acetylenes is 1. The van der Waals surface area contributed by atoms with Gasteiger partial charge in [-0.2, -0.15) is 0 Å². The molecule has 0 aliphatic carbocycles. The van der Waals surface area contributed by atoms with Crippen LogP contribution in [0.1, 0.15) is 55.5 Å². The maximum absolute atomic E-state index is 13.9. The molecule has 0 aliphatic rings. The fourth-order valence-electron chi connectivity index (χ4n) is 3.95. The summed E-state index contributed by atoms with van der Waals surface area (Å²) in [6.07, 6.45) is 5.53. The molecule has 4 N–H and O–H groups in total. The van der Waals surface area contributed by atoms with E-state index in [0.29, 0.717) is 16.8 Å². The molecule has 0 heterocycles. The van der Waals surface area contributed by atoms with E-state index in [1.165, 1.54) is 11.0 Å². The van der Waals surface area contributed by atoms with Gasteiger partial charge in [0.1, 0.15) is 17.7 Å². The van der Waals surface area contributed by atoms with E-state index in [9.17, 15) is 19.2 Å². The van der Waals surface area contributed by atoms with Crippen LogP contribution in [0.3, 0.4) is 0 Å². The van der Waals surface area contributed by atoms with E-state index in [4.69, 9.17) is 16.9 Å². The molecule has 9 nitrogen and oxygen atoms in total. The Morgan fingerprint density at radius 1 is 1.10 bits per heavy atom. The molecule has 0 radical (unpaired) electrons. The lowest BCUT2D eigenvalue weighted by Crippen LogP contribution is -2.53. The van der Waals surface area contributed by atoms with Crippen LogP contribution >= 0.6 is 0 Å². The molecule has 2 aromatic rings. The first-order chi connectivity index (χ1) is 18.3. The number of nitrogens with one attached hydrogen (secondary N) is 2. The third-order valence-corrected chi connectivity index (χ3v) is 5.69. The third-order valence-electron chi connectivity index (χ3n) is 5.69. The number of hydrogen-bond donors (Lipinski definition) is 3. The molecule has 0 saturated carbocycles.